The predicted octanol–water partition coefficient (Wildman–Crippen LogP) is 3.14. The van der Waals surface area contributed by atoms with Crippen LogP contribution >= 0.6 is 11.8 Å². The molecule has 0 radical (unpaired) electrons. The van der Waals surface area contributed by atoms with Crippen LogP contribution in [0.3, 0.4) is 0 Å². The summed E-state index contributed by atoms with van der Waals surface area (Å²) in [5.74, 6) is 0.776. The van der Waals surface area contributed by atoms with Gasteiger partial charge in [0.1, 0.15) is 5.52 Å². The summed E-state index contributed by atoms with van der Waals surface area (Å²) in [5.41, 5.74) is 2.38. The number of fused-ring (bicyclic) bond motifs is 1. The molecule has 0 N–H and O–H groups in total. The summed E-state index contributed by atoms with van der Waals surface area (Å²) in [7, 11) is -0.446. The first-order valence-electron chi connectivity index (χ1n) is 6.40. The van der Waals surface area contributed by atoms with Crippen molar-refractivity contribution in [1.29, 1.82) is 0 Å². The van der Waals surface area contributed by atoms with E-state index in [4.69, 9.17) is 4.42 Å². The highest BCUT2D eigenvalue weighted by atomic mass is 32.2. The molecule has 1 heterocycles. The Bertz CT molecular complexity index is 773. The highest BCUT2D eigenvalue weighted by Gasteiger charge is 2.18. The molecule has 0 saturated carbocycles. The fourth-order valence-corrected chi connectivity index (χ4v) is 3.39. The van der Waals surface area contributed by atoms with Crippen molar-refractivity contribution in [1.82, 2.24) is 9.29 Å². The maximum atomic E-state index is 12.1. The van der Waals surface area contributed by atoms with E-state index in [-0.39, 0.29) is 4.90 Å². The van der Waals surface area contributed by atoms with Crippen LogP contribution in [0.5, 0.6) is 0 Å². The second-order valence-corrected chi connectivity index (χ2v) is 8.11. The van der Waals surface area contributed by atoms with Gasteiger partial charge in [0.05, 0.1) is 4.90 Å². The minimum Gasteiger partial charge on any atom is -0.431 e. The largest absolute Gasteiger partial charge is 0.431 e. The average Bonchev–Trinajstić information content (AvgIpc) is 2.79. The summed E-state index contributed by atoms with van der Waals surface area (Å²) in [6.45, 7) is 4.07. The summed E-state index contributed by atoms with van der Waals surface area (Å²) in [6.07, 6.45) is 2.08. The fourth-order valence-electron chi connectivity index (χ4n) is 1.60. The number of nitrogens with zero attached hydrogens (tertiary/aromatic N) is 2. The van der Waals surface area contributed by atoms with Crippen LogP contribution in [0.15, 0.2) is 44.4 Å². The van der Waals surface area contributed by atoms with Crippen molar-refractivity contribution >= 4 is 32.9 Å². The molecule has 0 saturated heterocycles. The lowest BCUT2D eigenvalue weighted by molar-refractivity contribution is 0.490. The first-order chi connectivity index (χ1) is 9.80. The third kappa shape index (κ3) is 3.66. The zero-order valence-electron chi connectivity index (χ0n) is 12.5. The Hall–Kier alpha value is -1.31. The second-order valence-electron chi connectivity index (χ2n) is 4.99. The van der Waals surface area contributed by atoms with Crippen molar-refractivity contribution in [2.75, 3.05) is 19.8 Å². The van der Waals surface area contributed by atoms with Crippen LogP contribution in [0.2, 0.25) is 0 Å². The molecule has 7 heteroatoms. The minimum absolute atomic E-state index is 0.217. The molecule has 1 aromatic carbocycles. The van der Waals surface area contributed by atoms with Crippen LogP contribution in [-0.2, 0) is 10.0 Å². The van der Waals surface area contributed by atoms with Gasteiger partial charge in [-0.25, -0.2) is 17.7 Å². The third-order valence-corrected chi connectivity index (χ3v) is 5.38. The fraction of sp³-hybridized carbons (Fsp3) is 0.357. The quantitative estimate of drug-likeness (QED) is 0.624. The minimum atomic E-state index is -3.45. The average molecular weight is 326 g/mol. The van der Waals surface area contributed by atoms with Crippen LogP contribution < -0.4 is 0 Å². The number of benzene rings is 1. The number of allylic oxidation sites excluding steroid dienone is 1. The second kappa shape index (κ2) is 6.21. The number of thioether (sulfide) groups is 1. The lowest BCUT2D eigenvalue weighted by Gasteiger charge is -2.10. The van der Waals surface area contributed by atoms with E-state index < -0.39 is 10.0 Å². The summed E-state index contributed by atoms with van der Waals surface area (Å²) in [5, 5.41) is 0.543. The molecular weight excluding hydrogens is 308 g/mol. The van der Waals surface area contributed by atoms with Gasteiger partial charge in [-0.1, -0.05) is 23.4 Å². The van der Waals surface area contributed by atoms with Crippen molar-refractivity contribution in [3.8, 4) is 0 Å². The van der Waals surface area contributed by atoms with E-state index in [2.05, 4.69) is 11.1 Å². The standard InChI is InChI=1S/C14H18N2O3S2/c1-10(2)7-8-20-14-15-12-9-11(5-6-13(12)19-14)21(17,18)16(3)4/h5-7,9H,8H2,1-4H3. The van der Waals surface area contributed by atoms with Crippen LogP contribution in [0.25, 0.3) is 11.1 Å². The highest BCUT2D eigenvalue weighted by Crippen LogP contribution is 2.26. The molecule has 0 bridgehead atoms. The predicted molar refractivity (Wildman–Crippen MR) is 85.0 cm³/mol. The Kier molecular flexibility index (Phi) is 4.75. The molecule has 0 aliphatic heterocycles. The van der Waals surface area contributed by atoms with Gasteiger partial charge in [0.25, 0.3) is 5.22 Å². The molecule has 0 unspecified atom stereocenters. The molecule has 114 valence electrons. The molecule has 2 rings (SSSR count). The molecule has 21 heavy (non-hydrogen) atoms. The smallest absolute Gasteiger partial charge is 0.257 e. The molecule has 0 atom stereocenters. The number of aromatic nitrogens is 1. The summed E-state index contributed by atoms with van der Waals surface area (Å²) in [6, 6.07) is 4.72. The number of oxazole rings is 1. The normalized spacial score (nSPS) is 12.0. The van der Waals surface area contributed by atoms with E-state index >= 15 is 0 Å². The maximum Gasteiger partial charge on any atom is 0.257 e. The van der Waals surface area contributed by atoms with Gasteiger partial charge in [0, 0.05) is 19.8 Å². The van der Waals surface area contributed by atoms with Gasteiger partial charge in [-0.05, 0) is 32.0 Å². The van der Waals surface area contributed by atoms with Gasteiger partial charge in [0.2, 0.25) is 10.0 Å². The van der Waals surface area contributed by atoms with Gasteiger partial charge >= 0.3 is 0 Å². The SMILES string of the molecule is CC(C)=CCSc1nc2cc(S(=O)(=O)N(C)C)ccc2o1. The van der Waals surface area contributed by atoms with Crippen molar-refractivity contribution in [3.63, 3.8) is 0 Å². The lowest BCUT2D eigenvalue weighted by Crippen LogP contribution is -2.22. The number of hydrogen-bond donors (Lipinski definition) is 0. The molecule has 0 aliphatic carbocycles. The molecule has 0 aliphatic rings. The Morgan fingerprint density at radius 1 is 1.38 bits per heavy atom. The van der Waals surface area contributed by atoms with Gasteiger partial charge < -0.3 is 4.42 Å². The van der Waals surface area contributed by atoms with Crippen LogP contribution in [0.4, 0.5) is 0 Å². The van der Waals surface area contributed by atoms with E-state index in [0.29, 0.717) is 16.3 Å². The summed E-state index contributed by atoms with van der Waals surface area (Å²) in [4.78, 5) is 4.54. The maximum absolute atomic E-state index is 12.1. The molecule has 5 nitrogen and oxygen atoms in total. The number of rotatable bonds is 5. The third-order valence-electron chi connectivity index (χ3n) is 2.82. The highest BCUT2D eigenvalue weighted by molar-refractivity contribution is 7.99. The van der Waals surface area contributed by atoms with Gasteiger partial charge in [-0.15, -0.1) is 0 Å². The monoisotopic (exact) mass is 326 g/mol. The lowest BCUT2D eigenvalue weighted by atomic mass is 10.3. The van der Waals surface area contributed by atoms with E-state index in [1.807, 2.05) is 13.8 Å². The topological polar surface area (TPSA) is 63.4 Å². The molecule has 2 aromatic rings. The van der Waals surface area contributed by atoms with Crippen molar-refractivity contribution < 1.29 is 12.8 Å². The molecule has 0 spiro atoms. The Labute approximate surface area is 129 Å². The van der Waals surface area contributed by atoms with Crippen LogP contribution in [0.1, 0.15) is 13.8 Å². The van der Waals surface area contributed by atoms with Crippen molar-refractivity contribution in [2.45, 2.75) is 24.0 Å². The first kappa shape index (κ1) is 16.1. The summed E-state index contributed by atoms with van der Waals surface area (Å²) >= 11 is 1.48. The van der Waals surface area contributed by atoms with E-state index in [0.717, 1.165) is 5.75 Å². The van der Waals surface area contributed by atoms with Crippen molar-refractivity contribution in [3.05, 3.63) is 29.8 Å². The Morgan fingerprint density at radius 3 is 2.71 bits per heavy atom. The Balaban J connectivity index is 2.31. The van der Waals surface area contributed by atoms with Gasteiger partial charge in [-0.3, -0.25) is 0 Å². The number of hydrogen-bond acceptors (Lipinski definition) is 5. The molecule has 0 fully saturated rings. The Morgan fingerprint density at radius 2 is 2.10 bits per heavy atom. The van der Waals surface area contributed by atoms with E-state index in [9.17, 15) is 8.42 Å². The van der Waals surface area contributed by atoms with E-state index in [1.165, 1.54) is 41.8 Å². The molecular formula is C14H18N2O3S2. The van der Waals surface area contributed by atoms with Crippen LogP contribution in [0, 0.1) is 0 Å². The zero-order valence-corrected chi connectivity index (χ0v) is 14.1. The van der Waals surface area contributed by atoms with E-state index in [1.54, 1.807) is 12.1 Å². The molecule has 1 aromatic heterocycles. The van der Waals surface area contributed by atoms with Gasteiger partial charge in [0.15, 0.2) is 5.58 Å². The van der Waals surface area contributed by atoms with Crippen LogP contribution in [-0.4, -0.2) is 37.6 Å². The summed E-state index contributed by atoms with van der Waals surface area (Å²) < 4.78 is 30.9. The van der Waals surface area contributed by atoms with Gasteiger partial charge in [-0.2, -0.15) is 0 Å². The first-order valence-corrected chi connectivity index (χ1v) is 8.82. The molecule has 0 amide bonds. The number of sulfonamides is 1. The zero-order chi connectivity index (χ0) is 15.6. The van der Waals surface area contributed by atoms with Crippen molar-refractivity contribution in [2.24, 2.45) is 0 Å².